The molecule has 1 aliphatic rings. The Morgan fingerprint density at radius 3 is 2.75 bits per heavy atom. The van der Waals surface area contributed by atoms with E-state index in [0.717, 1.165) is 0 Å². The number of nitro benzene ring substituents is 1. The summed E-state index contributed by atoms with van der Waals surface area (Å²) in [5.41, 5.74) is 1.26. The third kappa shape index (κ3) is 2.28. The fraction of sp³-hybridized carbons (Fsp3) is 0.0625. The standard InChI is InChI=1S/C16H10N8O4/c25-15-13-11(12(18-19-15)10-2-1-7-28-10)14(23-16(17-13)20-21-22-23)8-3-5-9(6-4-8)24(26)27/h1-7,14H,(H,19,25)(H,17,20,22)/t14-/m1/s1. The quantitative estimate of drug-likeness (QED) is 0.351. The van der Waals surface area contributed by atoms with Crippen molar-refractivity contribution in [3.8, 4) is 11.5 Å². The van der Waals surface area contributed by atoms with Crippen LogP contribution < -0.4 is 10.9 Å². The second-order valence-corrected chi connectivity index (χ2v) is 5.99. The lowest BCUT2D eigenvalue weighted by molar-refractivity contribution is -0.384. The molecule has 0 unspecified atom stereocenters. The fourth-order valence-corrected chi connectivity index (χ4v) is 3.23. The van der Waals surface area contributed by atoms with E-state index >= 15 is 0 Å². The molecule has 0 amide bonds. The molecular weight excluding hydrogens is 368 g/mol. The summed E-state index contributed by atoms with van der Waals surface area (Å²) >= 11 is 0. The molecule has 12 nitrogen and oxygen atoms in total. The minimum absolute atomic E-state index is 0.0508. The number of H-pyrrole nitrogens is 1. The first-order valence-corrected chi connectivity index (χ1v) is 8.09. The number of benzene rings is 1. The molecule has 0 aliphatic carbocycles. The zero-order valence-corrected chi connectivity index (χ0v) is 13.9. The molecule has 0 bridgehead atoms. The van der Waals surface area contributed by atoms with Crippen molar-refractivity contribution in [1.29, 1.82) is 0 Å². The number of anilines is 2. The first-order valence-electron chi connectivity index (χ1n) is 8.09. The Balaban J connectivity index is 1.78. The second kappa shape index (κ2) is 5.84. The molecule has 2 N–H and O–H groups in total. The number of nitrogens with zero attached hydrogens (tertiary/aromatic N) is 6. The number of tetrazole rings is 1. The highest BCUT2D eigenvalue weighted by molar-refractivity contribution is 5.73. The maximum Gasteiger partial charge on any atom is 0.288 e. The van der Waals surface area contributed by atoms with Crippen molar-refractivity contribution in [2.45, 2.75) is 6.04 Å². The van der Waals surface area contributed by atoms with Gasteiger partial charge in [-0.05, 0) is 40.3 Å². The molecule has 28 heavy (non-hydrogen) atoms. The number of rotatable bonds is 3. The summed E-state index contributed by atoms with van der Waals surface area (Å²) in [6, 6.07) is 8.73. The Morgan fingerprint density at radius 2 is 2.04 bits per heavy atom. The van der Waals surface area contributed by atoms with Gasteiger partial charge in [-0.1, -0.05) is 5.10 Å². The molecule has 138 valence electrons. The van der Waals surface area contributed by atoms with Gasteiger partial charge in [0.05, 0.1) is 11.2 Å². The Morgan fingerprint density at radius 1 is 1.21 bits per heavy atom. The lowest BCUT2D eigenvalue weighted by atomic mass is 9.94. The van der Waals surface area contributed by atoms with Crippen LogP contribution in [0.25, 0.3) is 11.5 Å². The molecule has 12 heteroatoms. The van der Waals surface area contributed by atoms with E-state index in [1.54, 1.807) is 24.3 Å². The Hall–Kier alpha value is -4.35. The number of fused-ring (bicyclic) bond motifs is 2. The molecule has 1 aromatic carbocycles. The lowest BCUT2D eigenvalue weighted by Gasteiger charge is -2.27. The van der Waals surface area contributed by atoms with E-state index in [1.807, 2.05) is 0 Å². The predicted molar refractivity (Wildman–Crippen MR) is 94.0 cm³/mol. The summed E-state index contributed by atoms with van der Waals surface area (Å²) < 4.78 is 6.95. The second-order valence-electron chi connectivity index (χ2n) is 5.99. The summed E-state index contributed by atoms with van der Waals surface area (Å²) in [5, 5.41) is 32.1. The summed E-state index contributed by atoms with van der Waals surface area (Å²) in [6.45, 7) is 0. The van der Waals surface area contributed by atoms with Crippen LogP contribution in [0, 0.1) is 10.1 Å². The number of nitro groups is 1. The van der Waals surface area contributed by atoms with Gasteiger partial charge < -0.3 is 9.73 Å². The van der Waals surface area contributed by atoms with Gasteiger partial charge in [-0.2, -0.15) is 9.78 Å². The normalized spacial score (nSPS) is 14.8. The van der Waals surface area contributed by atoms with Crippen LogP contribution in [0.5, 0.6) is 0 Å². The Kier molecular flexibility index (Phi) is 3.31. The van der Waals surface area contributed by atoms with Gasteiger partial charge in [-0.3, -0.25) is 14.9 Å². The number of aromatic nitrogens is 6. The smallest absolute Gasteiger partial charge is 0.288 e. The number of furan rings is 1. The SMILES string of the molecule is O=c1[nH]nc(-c2ccco2)c2c1Nc1nnnn1[C@@H]2c1ccc([N+](=O)[O-])cc1. The highest BCUT2D eigenvalue weighted by Crippen LogP contribution is 2.41. The van der Waals surface area contributed by atoms with Crippen LogP contribution in [0.2, 0.25) is 0 Å². The van der Waals surface area contributed by atoms with Crippen LogP contribution in [0.4, 0.5) is 17.3 Å². The van der Waals surface area contributed by atoms with Crippen molar-refractivity contribution < 1.29 is 9.34 Å². The van der Waals surface area contributed by atoms with E-state index in [-0.39, 0.29) is 17.3 Å². The molecule has 3 aromatic heterocycles. The fourth-order valence-electron chi connectivity index (χ4n) is 3.23. The molecule has 5 rings (SSSR count). The molecule has 0 spiro atoms. The Bertz CT molecular complexity index is 1240. The average Bonchev–Trinajstić information content (AvgIpc) is 3.39. The maximum absolute atomic E-state index is 12.5. The summed E-state index contributed by atoms with van der Waals surface area (Å²) in [4.78, 5) is 23.0. The molecule has 1 atom stereocenters. The van der Waals surface area contributed by atoms with Crippen LogP contribution >= 0.6 is 0 Å². The average molecular weight is 378 g/mol. The van der Waals surface area contributed by atoms with Crippen LogP contribution in [-0.2, 0) is 0 Å². The third-order valence-corrected chi connectivity index (χ3v) is 4.44. The molecule has 0 saturated carbocycles. The lowest BCUT2D eigenvalue weighted by Crippen LogP contribution is -2.29. The molecule has 4 heterocycles. The van der Waals surface area contributed by atoms with Gasteiger partial charge in [-0.15, -0.1) is 0 Å². The van der Waals surface area contributed by atoms with E-state index in [0.29, 0.717) is 22.6 Å². The molecule has 0 fully saturated rings. The number of hydrogen-bond donors (Lipinski definition) is 2. The highest BCUT2D eigenvalue weighted by Gasteiger charge is 2.35. The minimum Gasteiger partial charge on any atom is -0.463 e. The van der Waals surface area contributed by atoms with E-state index in [9.17, 15) is 14.9 Å². The summed E-state index contributed by atoms with van der Waals surface area (Å²) in [7, 11) is 0. The third-order valence-electron chi connectivity index (χ3n) is 4.44. The van der Waals surface area contributed by atoms with Crippen molar-refractivity contribution in [3.63, 3.8) is 0 Å². The molecule has 0 saturated heterocycles. The Labute approximate surface area is 155 Å². The van der Waals surface area contributed by atoms with Gasteiger partial charge in [0, 0.05) is 17.7 Å². The van der Waals surface area contributed by atoms with Gasteiger partial charge in [-0.25, -0.2) is 5.10 Å². The predicted octanol–water partition coefficient (Wildman–Crippen LogP) is 1.62. The van der Waals surface area contributed by atoms with Crippen molar-refractivity contribution in [2.24, 2.45) is 0 Å². The van der Waals surface area contributed by atoms with Gasteiger partial charge in [0.25, 0.3) is 11.2 Å². The largest absolute Gasteiger partial charge is 0.463 e. The zero-order valence-electron chi connectivity index (χ0n) is 13.9. The van der Waals surface area contributed by atoms with Gasteiger partial charge in [0.15, 0.2) is 5.76 Å². The van der Waals surface area contributed by atoms with E-state index in [4.69, 9.17) is 4.42 Å². The van der Waals surface area contributed by atoms with Crippen LogP contribution in [0.3, 0.4) is 0 Å². The van der Waals surface area contributed by atoms with Crippen molar-refractivity contribution in [1.82, 2.24) is 30.4 Å². The molecular formula is C16H10N8O4. The van der Waals surface area contributed by atoms with Gasteiger partial charge in [0.2, 0.25) is 5.95 Å². The molecule has 4 aromatic rings. The highest BCUT2D eigenvalue weighted by atomic mass is 16.6. The number of non-ortho nitro benzene ring substituents is 1. The number of hydrogen-bond acceptors (Lipinski definition) is 9. The van der Waals surface area contributed by atoms with Crippen molar-refractivity contribution in [3.05, 3.63) is 74.3 Å². The number of nitrogens with one attached hydrogen (secondary N) is 2. The zero-order chi connectivity index (χ0) is 19.3. The molecule has 1 aliphatic heterocycles. The summed E-state index contributed by atoms with van der Waals surface area (Å²) in [6.07, 6.45) is 1.49. The van der Waals surface area contributed by atoms with E-state index in [2.05, 4.69) is 31.0 Å². The van der Waals surface area contributed by atoms with Crippen molar-refractivity contribution in [2.75, 3.05) is 5.32 Å². The first-order chi connectivity index (χ1) is 13.6. The van der Waals surface area contributed by atoms with Gasteiger partial charge in [0.1, 0.15) is 17.4 Å². The molecule has 0 radical (unpaired) electrons. The summed E-state index contributed by atoms with van der Waals surface area (Å²) in [5.74, 6) is 0.704. The number of aromatic amines is 1. The van der Waals surface area contributed by atoms with E-state index < -0.39 is 16.5 Å². The maximum atomic E-state index is 12.5. The topological polar surface area (TPSA) is 158 Å². The van der Waals surface area contributed by atoms with Crippen LogP contribution in [-0.4, -0.2) is 35.3 Å². The minimum atomic E-state index is -0.642. The van der Waals surface area contributed by atoms with Crippen molar-refractivity contribution >= 4 is 17.3 Å². The van der Waals surface area contributed by atoms with Crippen LogP contribution in [0.1, 0.15) is 17.2 Å². The van der Waals surface area contributed by atoms with Crippen LogP contribution in [0.15, 0.2) is 51.9 Å². The monoisotopic (exact) mass is 378 g/mol. The van der Waals surface area contributed by atoms with E-state index in [1.165, 1.54) is 23.1 Å². The first kappa shape index (κ1) is 15.9. The van der Waals surface area contributed by atoms with Gasteiger partial charge >= 0.3 is 0 Å².